The van der Waals surface area contributed by atoms with Gasteiger partial charge in [0.15, 0.2) is 0 Å². The van der Waals surface area contributed by atoms with Crippen LogP contribution in [-0.2, 0) is 17.8 Å². The van der Waals surface area contributed by atoms with Gasteiger partial charge >= 0.3 is 0 Å². The third-order valence-electron chi connectivity index (χ3n) is 5.20. The molecule has 1 saturated heterocycles. The van der Waals surface area contributed by atoms with Gasteiger partial charge in [-0.25, -0.2) is 9.37 Å². The SMILES string of the molecule is O=C(CCc1cccc(F)c1)N1CCN(Cc2csc(-c3ccccc3)n2)CC1. The molecule has 4 rings (SSSR count). The summed E-state index contributed by atoms with van der Waals surface area (Å²) in [5.41, 5.74) is 3.10. The Morgan fingerprint density at radius 2 is 1.83 bits per heavy atom. The van der Waals surface area contributed by atoms with Crippen molar-refractivity contribution < 1.29 is 9.18 Å². The summed E-state index contributed by atoms with van der Waals surface area (Å²) in [5.74, 6) is -0.102. The van der Waals surface area contributed by atoms with Crippen LogP contribution in [0.15, 0.2) is 60.0 Å². The monoisotopic (exact) mass is 409 g/mol. The molecule has 3 aromatic rings. The molecule has 0 aliphatic carbocycles. The Morgan fingerprint density at radius 3 is 2.59 bits per heavy atom. The van der Waals surface area contributed by atoms with Crippen LogP contribution >= 0.6 is 11.3 Å². The number of carbonyl (C=O) groups excluding carboxylic acids is 1. The number of amides is 1. The van der Waals surface area contributed by atoms with Crippen LogP contribution in [0.25, 0.3) is 10.6 Å². The number of benzene rings is 2. The second-order valence-corrected chi connectivity index (χ2v) is 8.15. The molecular formula is C23H24FN3OS. The molecule has 1 aliphatic heterocycles. The standard InChI is InChI=1S/C23H24FN3OS/c24-20-8-4-5-18(15-20)9-10-22(28)27-13-11-26(12-14-27)16-21-17-29-23(25-21)19-6-2-1-3-7-19/h1-8,15,17H,9-14,16H2. The van der Waals surface area contributed by atoms with Crippen LogP contribution in [0, 0.1) is 5.82 Å². The predicted molar refractivity (Wildman–Crippen MR) is 114 cm³/mol. The number of halogens is 1. The quantitative estimate of drug-likeness (QED) is 0.611. The van der Waals surface area contributed by atoms with E-state index >= 15 is 0 Å². The van der Waals surface area contributed by atoms with Crippen LogP contribution in [0.5, 0.6) is 0 Å². The number of aromatic nitrogens is 1. The fourth-order valence-electron chi connectivity index (χ4n) is 3.58. The molecule has 1 fully saturated rings. The number of hydrogen-bond donors (Lipinski definition) is 0. The van der Waals surface area contributed by atoms with Gasteiger partial charge in [-0.15, -0.1) is 11.3 Å². The van der Waals surface area contributed by atoms with Gasteiger partial charge in [0, 0.05) is 50.1 Å². The smallest absolute Gasteiger partial charge is 0.222 e. The summed E-state index contributed by atoms with van der Waals surface area (Å²) in [6.45, 7) is 3.98. The summed E-state index contributed by atoms with van der Waals surface area (Å²) in [7, 11) is 0. The molecule has 29 heavy (non-hydrogen) atoms. The molecule has 0 radical (unpaired) electrons. The average molecular weight is 410 g/mol. The van der Waals surface area contributed by atoms with Crippen LogP contribution < -0.4 is 0 Å². The van der Waals surface area contributed by atoms with Crippen molar-refractivity contribution in [2.75, 3.05) is 26.2 Å². The van der Waals surface area contributed by atoms with Crippen LogP contribution in [-0.4, -0.2) is 46.9 Å². The zero-order valence-corrected chi connectivity index (χ0v) is 17.1. The molecule has 1 amide bonds. The Labute approximate surface area is 174 Å². The summed E-state index contributed by atoms with van der Waals surface area (Å²) in [6.07, 6.45) is 1.01. The maximum Gasteiger partial charge on any atom is 0.222 e. The van der Waals surface area contributed by atoms with Crippen LogP contribution in [0.1, 0.15) is 17.7 Å². The van der Waals surface area contributed by atoms with E-state index in [0.29, 0.717) is 12.8 Å². The molecule has 0 saturated carbocycles. The first kappa shape index (κ1) is 19.7. The number of piperazine rings is 1. The highest BCUT2D eigenvalue weighted by molar-refractivity contribution is 7.13. The highest BCUT2D eigenvalue weighted by Crippen LogP contribution is 2.24. The van der Waals surface area contributed by atoms with Gasteiger partial charge in [0.05, 0.1) is 5.69 Å². The molecule has 0 N–H and O–H groups in total. The van der Waals surface area contributed by atoms with Gasteiger partial charge in [0.25, 0.3) is 0 Å². The summed E-state index contributed by atoms with van der Waals surface area (Å²) in [5, 5.41) is 3.17. The molecule has 0 unspecified atom stereocenters. The number of carbonyl (C=O) groups is 1. The number of rotatable bonds is 6. The molecule has 150 valence electrons. The Morgan fingerprint density at radius 1 is 1.03 bits per heavy atom. The van der Waals surface area contributed by atoms with Crippen molar-refractivity contribution in [1.82, 2.24) is 14.8 Å². The first-order chi connectivity index (χ1) is 14.2. The minimum absolute atomic E-state index is 0.147. The van der Waals surface area contributed by atoms with Crippen molar-refractivity contribution in [2.45, 2.75) is 19.4 Å². The van der Waals surface area contributed by atoms with E-state index in [1.165, 1.54) is 12.1 Å². The highest BCUT2D eigenvalue weighted by Gasteiger charge is 2.21. The lowest BCUT2D eigenvalue weighted by Crippen LogP contribution is -2.48. The van der Waals surface area contributed by atoms with Crippen molar-refractivity contribution in [2.24, 2.45) is 0 Å². The molecule has 1 aromatic heterocycles. The lowest BCUT2D eigenvalue weighted by atomic mass is 10.1. The van der Waals surface area contributed by atoms with Crippen molar-refractivity contribution in [1.29, 1.82) is 0 Å². The fourth-order valence-corrected chi connectivity index (χ4v) is 4.40. The largest absolute Gasteiger partial charge is 0.340 e. The van der Waals surface area contributed by atoms with Crippen LogP contribution in [0.3, 0.4) is 0 Å². The molecule has 1 aliphatic rings. The normalized spacial score (nSPS) is 14.9. The number of aryl methyl sites for hydroxylation is 1. The van der Waals surface area contributed by atoms with Crippen molar-refractivity contribution in [3.63, 3.8) is 0 Å². The van der Waals surface area contributed by atoms with E-state index in [2.05, 4.69) is 22.4 Å². The Hall–Kier alpha value is -2.57. The first-order valence-corrected chi connectivity index (χ1v) is 10.8. The minimum Gasteiger partial charge on any atom is -0.340 e. The van der Waals surface area contributed by atoms with E-state index in [9.17, 15) is 9.18 Å². The minimum atomic E-state index is -0.249. The van der Waals surface area contributed by atoms with Gasteiger partial charge in [0.2, 0.25) is 5.91 Å². The van der Waals surface area contributed by atoms with Crippen molar-refractivity contribution in [3.05, 3.63) is 77.1 Å². The summed E-state index contributed by atoms with van der Waals surface area (Å²) in [4.78, 5) is 21.5. The van der Waals surface area contributed by atoms with E-state index < -0.39 is 0 Å². The maximum atomic E-state index is 13.3. The molecule has 0 bridgehead atoms. The number of hydrogen-bond acceptors (Lipinski definition) is 4. The zero-order chi connectivity index (χ0) is 20.1. The Balaban J connectivity index is 1.24. The average Bonchev–Trinajstić information content (AvgIpc) is 3.22. The van der Waals surface area contributed by atoms with Crippen molar-refractivity contribution in [3.8, 4) is 10.6 Å². The molecule has 0 spiro atoms. The third-order valence-corrected chi connectivity index (χ3v) is 6.14. The second kappa shape index (κ2) is 9.29. The van der Waals surface area contributed by atoms with Gasteiger partial charge in [-0.2, -0.15) is 0 Å². The molecule has 2 heterocycles. The Kier molecular flexibility index (Phi) is 6.32. The molecule has 6 heteroatoms. The molecule has 2 aromatic carbocycles. The summed E-state index contributed by atoms with van der Waals surface area (Å²) < 4.78 is 13.3. The van der Waals surface area contributed by atoms with E-state index in [4.69, 9.17) is 4.98 Å². The van der Waals surface area contributed by atoms with E-state index in [1.807, 2.05) is 29.2 Å². The van der Waals surface area contributed by atoms with Gasteiger partial charge < -0.3 is 4.90 Å². The number of nitrogens with zero attached hydrogens (tertiary/aromatic N) is 3. The summed E-state index contributed by atoms with van der Waals surface area (Å²) in [6, 6.07) is 16.7. The van der Waals surface area contributed by atoms with E-state index in [1.54, 1.807) is 17.4 Å². The molecular weight excluding hydrogens is 385 g/mol. The van der Waals surface area contributed by atoms with Crippen molar-refractivity contribution >= 4 is 17.2 Å². The highest BCUT2D eigenvalue weighted by atomic mass is 32.1. The predicted octanol–water partition coefficient (Wildman–Crippen LogP) is 4.23. The molecule has 0 atom stereocenters. The maximum absolute atomic E-state index is 13.3. The first-order valence-electron chi connectivity index (χ1n) is 9.92. The van der Waals surface area contributed by atoms with Crippen LogP contribution in [0.2, 0.25) is 0 Å². The fraction of sp³-hybridized carbons (Fsp3) is 0.304. The van der Waals surface area contributed by atoms with Gasteiger partial charge in [-0.3, -0.25) is 9.69 Å². The van der Waals surface area contributed by atoms with Gasteiger partial charge in [-0.05, 0) is 24.1 Å². The lowest BCUT2D eigenvalue weighted by Gasteiger charge is -2.34. The Bertz CT molecular complexity index is 952. The van der Waals surface area contributed by atoms with E-state index in [-0.39, 0.29) is 11.7 Å². The van der Waals surface area contributed by atoms with Crippen LogP contribution in [0.4, 0.5) is 4.39 Å². The van der Waals surface area contributed by atoms with Gasteiger partial charge in [-0.1, -0.05) is 42.5 Å². The third kappa shape index (κ3) is 5.28. The number of thiazole rings is 1. The topological polar surface area (TPSA) is 36.4 Å². The van der Waals surface area contributed by atoms with Gasteiger partial charge in [0.1, 0.15) is 10.8 Å². The summed E-state index contributed by atoms with van der Waals surface area (Å²) >= 11 is 1.67. The lowest BCUT2D eigenvalue weighted by molar-refractivity contribution is -0.133. The second-order valence-electron chi connectivity index (χ2n) is 7.30. The van der Waals surface area contributed by atoms with E-state index in [0.717, 1.165) is 54.6 Å². The molecule has 4 nitrogen and oxygen atoms in total. The zero-order valence-electron chi connectivity index (χ0n) is 16.3.